The molecule has 2 atom stereocenters. The Bertz CT molecular complexity index is 73.0. The third-order valence-corrected chi connectivity index (χ3v) is 1.98. The molecule has 1 aliphatic rings. The van der Waals surface area contributed by atoms with E-state index in [1.807, 2.05) is 0 Å². The maximum absolute atomic E-state index is 5.76. The van der Waals surface area contributed by atoms with E-state index in [-0.39, 0.29) is 0 Å². The van der Waals surface area contributed by atoms with Gasteiger partial charge in [0.25, 0.3) is 0 Å². The van der Waals surface area contributed by atoms with E-state index in [0.29, 0.717) is 12.1 Å². The monoisotopic (exact) mass is 128 g/mol. The van der Waals surface area contributed by atoms with Gasteiger partial charge in [0.1, 0.15) is 0 Å². The highest BCUT2D eigenvalue weighted by Crippen LogP contribution is 2.06. The standard InChI is InChI=1S/C7H16N2/c1-6-2-3-7(8)4-5-9-6/h6-7,9H,2-5,8H2,1H3. The van der Waals surface area contributed by atoms with Gasteiger partial charge in [0.05, 0.1) is 0 Å². The maximum Gasteiger partial charge on any atom is 0.00514 e. The van der Waals surface area contributed by atoms with Crippen LogP contribution in [0.2, 0.25) is 0 Å². The molecular weight excluding hydrogens is 112 g/mol. The molecule has 0 aromatic carbocycles. The largest absolute Gasteiger partial charge is 0.328 e. The molecule has 9 heavy (non-hydrogen) atoms. The van der Waals surface area contributed by atoms with E-state index in [2.05, 4.69) is 12.2 Å². The minimum absolute atomic E-state index is 0.447. The zero-order valence-electron chi connectivity index (χ0n) is 6.06. The molecule has 0 radical (unpaired) electrons. The molecule has 1 aliphatic heterocycles. The summed E-state index contributed by atoms with van der Waals surface area (Å²) >= 11 is 0. The van der Waals surface area contributed by atoms with E-state index >= 15 is 0 Å². The third-order valence-electron chi connectivity index (χ3n) is 1.98. The van der Waals surface area contributed by atoms with Crippen molar-refractivity contribution in [3.8, 4) is 0 Å². The van der Waals surface area contributed by atoms with Gasteiger partial charge in [-0.2, -0.15) is 0 Å². The van der Waals surface area contributed by atoms with Gasteiger partial charge in [-0.25, -0.2) is 0 Å². The molecule has 0 spiro atoms. The van der Waals surface area contributed by atoms with Crippen molar-refractivity contribution in [3.05, 3.63) is 0 Å². The normalized spacial score (nSPS) is 38.0. The molecule has 1 heterocycles. The van der Waals surface area contributed by atoms with E-state index in [1.165, 1.54) is 12.8 Å². The molecule has 1 saturated heterocycles. The first-order chi connectivity index (χ1) is 4.29. The summed E-state index contributed by atoms with van der Waals surface area (Å²) in [6, 6.07) is 1.13. The number of rotatable bonds is 0. The van der Waals surface area contributed by atoms with Crippen LogP contribution in [-0.4, -0.2) is 18.6 Å². The summed E-state index contributed by atoms with van der Waals surface area (Å²) in [5, 5.41) is 3.39. The van der Waals surface area contributed by atoms with Gasteiger partial charge in [0.2, 0.25) is 0 Å². The highest BCUT2D eigenvalue weighted by Gasteiger charge is 2.10. The Morgan fingerprint density at radius 2 is 2.11 bits per heavy atom. The molecule has 2 nitrogen and oxygen atoms in total. The smallest absolute Gasteiger partial charge is 0.00514 e. The maximum atomic E-state index is 5.76. The zero-order chi connectivity index (χ0) is 6.69. The van der Waals surface area contributed by atoms with Crippen LogP contribution >= 0.6 is 0 Å². The number of hydrogen-bond acceptors (Lipinski definition) is 2. The lowest BCUT2D eigenvalue weighted by atomic mass is 10.1. The molecule has 0 aromatic heterocycles. The van der Waals surface area contributed by atoms with Crippen LogP contribution in [0.4, 0.5) is 0 Å². The van der Waals surface area contributed by atoms with Crippen LogP contribution in [0.25, 0.3) is 0 Å². The summed E-state index contributed by atoms with van der Waals surface area (Å²) in [5.74, 6) is 0. The third kappa shape index (κ3) is 2.33. The predicted octanol–water partition coefficient (Wildman–Crippen LogP) is 0.476. The fraction of sp³-hybridized carbons (Fsp3) is 1.00. The topological polar surface area (TPSA) is 38.0 Å². The summed E-state index contributed by atoms with van der Waals surface area (Å²) < 4.78 is 0. The van der Waals surface area contributed by atoms with Crippen molar-refractivity contribution in [2.24, 2.45) is 5.73 Å². The molecular formula is C7H16N2. The molecule has 1 rings (SSSR count). The summed E-state index contributed by atoms with van der Waals surface area (Å²) in [4.78, 5) is 0. The fourth-order valence-corrected chi connectivity index (χ4v) is 1.23. The fourth-order valence-electron chi connectivity index (χ4n) is 1.23. The SMILES string of the molecule is CC1CCC(N)CCN1. The van der Waals surface area contributed by atoms with E-state index in [9.17, 15) is 0 Å². The number of hydrogen-bond donors (Lipinski definition) is 2. The second kappa shape index (κ2) is 3.18. The van der Waals surface area contributed by atoms with Gasteiger partial charge in [-0.3, -0.25) is 0 Å². The summed E-state index contributed by atoms with van der Waals surface area (Å²) in [5.41, 5.74) is 5.76. The van der Waals surface area contributed by atoms with E-state index in [1.54, 1.807) is 0 Å². The first-order valence-electron chi connectivity index (χ1n) is 3.78. The van der Waals surface area contributed by atoms with Gasteiger partial charge in [0, 0.05) is 12.1 Å². The van der Waals surface area contributed by atoms with Crippen LogP contribution < -0.4 is 11.1 Å². The Kier molecular flexibility index (Phi) is 2.49. The number of nitrogens with one attached hydrogen (secondary N) is 1. The van der Waals surface area contributed by atoms with Gasteiger partial charge in [-0.1, -0.05) is 0 Å². The number of nitrogens with two attached hydrogens (primary N) is 1. The van der Waals surface area contributed by atoms with Crippen molar-refractivity contribution in [3.63, 3.8) is 0 Å². The van der Waals surface area contributed by atoms with Crippen molar-refractivity contribution in [1.82, 2.24) is 5.32 Å². The van der Waals surface area contributed by atoms with Crippen LogP contribution in [0.1, 0.15) is 26.2 Å². The molecule has 0 aromatic rings. The Balaban J connectivity index is 2.25. The van der Waals surface area contributed by atoms with Gasteiger partial charge in [-0.05, 0) is 32.7 Å². The lowest BCUT2D eigenvalue weighted by Crippen LogP contribution is -2.25. The first-order valence-corrected chi connectivity index (χ1v) is 3.78. The van der Waals surface area contributed by atoms with Crippen LogP contribution in [-0.2, 0) is 0 Å². The molecule has 1 fully saturated rings. The molecule has 2 heteroatoms. The summed E-state index contributed by atoms with van der Waals surface area (Å²) in [7, 11) is 0. The highest BCUT2D eigenvalue weighted by molar-refractivity contribution is 4.73. The second-order valence-corrected chi connectivity index (χ2v) is 2.98. The molecule has 54 valence electrons. The van der Waals surface area contributed by atoms with Crippen LogP contribution in [0.3, 0.4) is 0 Å². The second-order valence-electron chi connectivity index (χ2n) is 2.98. The van der Waals surface area contributed by atoms with Gasteiger partial charge >= 0.3 is 0 Å². The van der Waals surface area contributed by atoms with Crippen molar-refractivity contribution >= 4 is 0 Å². The molecule has 2 unspecified atom stereocenters. The van der Waals surface area contributed by atoms with Crippen molar-refractivity contribution in [1.29, 1.82) is 0 Å². The Morgan fingerprint density at radius 3 is 2.89 bits per heavy atom. The van der Waals surface area contributed by atoms with Crippen LogP contribution in [0.5, 0.6) is 0 Å². The van der Waals surface area contributed by atoms with Gasteiger partial charge < -0.3 is 11.1 Å². The van der Waals surface area contributed by atoms with E-state index in [4.69, 9.17) is 5.73 Å². The van der Waals surface area contributed by atoms with Gasteiger partial charge in [0.15, 0.2) is 0 Å². The Hall–Kier alpha value is -0.0800. The van der Waals surface area contributed by atoms with Crippen molar-refractivity contribution in [2.75, 3.05) is 6.54 Å². The average molecular weight is 128 g/mol. The molecule has 0 saturated carbocycles. The molecule has 0 bridgehead atoms. The predicted molar refractivity (Wildman–Crippen MR) is 39.3 cm³/mol. The highest BCUT2D eigenvalue weighted by atomic mass is 14.9. The zero-order valence-corrected chi connectivity index (χ0v) is 6.06. The van der Waals surface area contributed by atoms with E-state index < -0.39 is 0 Å². The molecule has 0 amide bonds. The van der Waals surface area contributed by atoms with Crippen molar-refractivity contribution in [2.45, 2.75) is 38.3 Å². The summed E-state index contributed by atoms with van der Waals surface area (Å²) in [6.45, 7) is 3.32. The quantitative estimate of drug-likeness (QED) is 0.498. The minimum atomic E-state index is 0.447. The van der Waals surface area contributed by atoms with Crippen LogP contribution in [0.15, 0.2) is 0 Å². The first kappa shape index (κ1) is 7.03. The van der Waals surface area contributed by atoms with E-state index in [0.717, 1.165) is 13.0 Å². The molecule has 0 aliphatic carbocycles. The molecule has 3 N–H and O–H groups in total. The Labute approximate surface area is 56.8 Å². The van der Waals surface area contributed by atoms with Gasteiger partial charge in [-0.15, -0.1) is 0 Å². The lowest BCUT2D eigenvalue weighted by molar-refractivity contribution is 0.545. The average Bonchev–Trinajstić information content (AvgIpc) is 1.97. The lowest BCUT2D eigenvalue weighted by Gasteiger charge is -2.06. The Morgan fingerprint density at radius 1 is 1.33 bits per heavy atom. The minimum Gasteiger partial charge on any atom is -0.328 e. The van der Waals surface area contributed by atoms with Crippen LogP contribution in [0, 0.1) is 0 Å². The summed E-state index contributed by atoms with van der Waals surface area (Å²) in [6.07, 6.45) is 3.57. The van der Waals surface area contributed by atoms with Crippen molar-refractivity contribution < 1.29 is 0 Å².